The normalized spacial score (nSPS) is 10.7. The fraction of sp³-hybridized carbons (Fsp3) is 0. The fourth-order valence-corrected chi connectivity index (χ4v) is 2.28. The average molecular weight is 364 g/mol. The van der Waals surface area contributed by atoms with Crippen LogP contribution in [0.15, 0.2) is 78.9 Å². The largest absolute Gasteiger partial charge is 0.423 e. The summed E-state index contributed by atoms with van der Waals surface area (Å²) >= 11 is 0. The van der Waals surface area contributed by atoms with Crippen molar-refractivity contribution in [2.45, 2.75) is 0 Å². The Morgan fingerprint density at radius 2 is 1.22 bits per heavy atom. The van der Waals surface area contributed by atoms with Crippen LogP contribution in [0.25, 0.3) is 6.08 Å². The van der Waals surface area contributed by atoms with Crippen LogP contribution in [0, 0.1) is 11.6 Å². The van der Waals surface area contributed by atoms with E-state index in [1.165, 1.54) is 66.7 Å². The number of hydrogen-bond acceptors (Lipinski definition) is 3. The standard InChI is InChI=1S/C22H14F2O3/c23-18-8-1-15(2-9-18)3-14-21(25)16-6-12-20(13-7-16)27-22(26)17-4-10-19(24)11-5-17/h1-14H/b14-3+. The third-order valence-electron chi connectivity index (χ3n) is 3.73. The Balaban J connectivity index is 1.64. The monoisotopic (exact) mass is 364 g/mol. The number of ketones is 1. The minimum atomic E-state index is -0.620. The van der Waals surface area contributed by atoms with Gasteiger partial charge in [-0.25, -0.2) is 13.6 Å². The Hall–Kier alpha value is -3.60. The van der Waals surface area contributed by atoms with Crippen molar-refractivity contribution in [3.8, 4) is 5.75 Å². The molecule has 0 N–H and O–H groups in total. The van der Waals surface area contributed by atoms with Gasteiger partial charge in [0.05, 0.1) is 5.56 Å². The van der Waals surface area contributed by atoms with Gasteiger partial charge in [-0.1, -0.05) is 18.2 Å². The van der Waals surface area contributed by atoms with Gasteiger partial charge in [0.1, 0.15) is 17.4 Å². The molecule has 3 aromatic carbocycles. The molecule has 3 rings (SSSR count). The van der Waals surface area contributed by atoms with Gasteiger partial charge in [-0.15, -0.1) is 0 Å². The first-order valence-electron chi connectivity index (χ1n) is 8.07. The quantitative estimate of drug-likeness (QED) is 0.274. The van der Waals surface area contributed by atoms with Crippen LogP contribution >= 0.6 is 0 Å². The highest BCUT2D eigenvalue weighted by Crippen LogP contribution is 2.16. The van der Waals surface area contributed by atoms with Crippen molar-refractivity contribution in [3.63, 3.8) is 0 Å². The summed E-state index contributed by atoms with van der Waals surface area (Å²) in [6, 6.07) is 16.8. The summed E-state index contributed by atoms with van der Waals surface area (Å²) in [6.07, 6.45) is 2.97. The number of allylic oxidation sites excluding steroid dienone is 1. The molecule has 0 atom stereocenters. The molecule has 0 aliphatic carbocycles. The second-order valence-corrected chi connectivity index (χ2v) is 5.67. The highest BCUT2D eigenvalue weighted by molar-refractivity contribution is 6.06. The van der Waals surface area contributed by atoms with Crippen molar-refractivity contribution >= 4 is 17.8 Å². The molecule has 0 spiro atoms. The minimum absolute atomic E-state index is 0.221. The SMILES string of the molecule is O=C(/C=C/c1ccc(F)cc1)c1ccc(OC(=O)c2ccc(F)cc2)cc1. The van der Waals surface area contributed by atoms with Gasteiger partial charge in [-0.2, -0.15) is 0 Å². The van der Waals surface area contributed by atoms with Gasteiger partial charge < -0.3 is 4.74 Å². The molecule has 27 heavy (non-hydrogen) atoms. The minimum Gasteiger partial charge on any atom is -0.423 e. The zero-order chi connectivity index (χ0) is 19.2. The van der Waals surface area contributed by atoms with E-state index in [0.29, 0.717) is 11.1 Å². The lowest BCUT2D eigenvalue weighted by Gasteiger charge is -2.05. The first-order valence-corrected chi connectivity index (χ1v) is 8.07. The second-order valence-electron chi connectivity index (χ2n) is 5.67. The van der Waals surface area contributed by atoms with E-state index in [9.17, 15) is 18.4 Å². The van der Waals surface area contributed by atoms with Crippen molar-refractivity contribution < 1.29 is 23.1 Å². The molecular formula is C22H14F2O3. The van der Waals surface area contributed by atoms with Gasteiger partial charge in [0, 0.05) is 5.56 Å². The van der Waals surface area contributed by atoms with Gasteiger partial charge in [-0.3, -0.25) is 4.79 Å². The summed E-state index contributed by atoms with van der Waals surface area (Å²) in [5.74, 6) is -1.38. The third kappa shape index (κ3) is 4.95. The van der Waals surface area contributed by atoms with Crippen LogP contribution < -0.4 is 4.74 Å². The Kier molecular flexibility index (Phi) is 5.52. The Bertz CT molecular complexity index is 974. The molecule has 0 aliphatic rings. The molecule has 0 aliphatic heterocycles. The first-order chi connectivity index (χ1) is 13.0. The van der Waals surface area contributed by atoms with Gasteiger partial charge in [0.25, 0.3) is 0 Å². The molecule has 0 fully saturated rings. The molecule has 134 valence electrons. The summed E-state index contributed by atoms with van der Waals surface area (Å²) in [5, 5.41) is 0. The maximum atomic E-state index is 12.9. The molecule has 0 saturated heterocycles. The molecule has 3 aromatic rings. The van der Waals surface area contributed by atoms with E-state index in [1.54, 1.807) is 18.2 Å². The summed E-state index contributed by atoms with van der Waals surface area (Å²) in [7, 11) is 0. The summed E-state index contributed by atoms with van der Waals surface area (Å²) < 4.78 is 30.9. The molecule has 0 bridgehead atoms. The molecule has 0 unspecified atom stereocenters. The average Bonchev–Trinajstić information content (AvgIpc) is 2.68. The maximum absolute atomic E-state index is 12.9. The van der Waals surface area contributed by atoms with Crippen LogP contribution in [0.4, 0.5) is 8.78 Å². The predicted molar refractivity (Wildman–Crippen MR) is 97.6 cm³/mol. The number of halogens is 2. The predicted octanol–water partition coefficient (Wildman–Crippen LogP) is 5.08. The van der Waals surface area contributed by atoms with Gasteiger partial charge in [-0.05, 0) is 72.3 Å². The second kappa shape index (κ2) is 8.19. The van der Waals surface area contributed by atoms with Gasteiger partial charge in [0.2, 0.25) is 0 Å². The van der Waals surface area contributed by atoms with Crippen LogP contribution in [0.3, 0.4) is 0 Å². The zero-order valence-electron chi connectivity index (χ0n) is 14.1. The number of carbonyl (C=O) groups excluding carboxylic acids is 2. The number of rotatable bonds is 5. The Labute approximate surface area is 154 Å². The molecule has 5 heteroatoms. The lowest BCUT2D eigenvalue weighted by atomic mass is 10.1. The highest BCUT2D eigenvalue weighted by atomic mass is 19.1. The Morgan fingerprint density at radius 1 is 0.704 bits per heavy atom. The van der Waals surface area contributed by atoms with E-state index >= 15 is 0 Å². The van der Waals surface area contributed by atoms with Crippen LogP contribution in [-0.2, 0) is 0 Å². The zero-order valence-corrected chi connectivity index (χ0v) is 14.1. The van der Waals surface area contributed by atoms with E-state index < -0.39 is 11.8 Å². The van der Waals surface area contributed by atoms with Crippen LogP contribution in [0.2, 0.25) is 0 Å². The van der Waals surface area contributed by atoms with Gasteiger partial charge in [0.15, 0.2) is 5.78 Å². The lowest BCUT2D eigenvalue weighted by Crippen LogP contribution is -2.08. The van der Waals surface area contributed by atoms with Crippen molar-refractivity contribution in [2.75, 3.05) is 0 Å². The molecule has 0 saturated carbocycles. The molecular weight excluding hydrogens is 350 g/mol. The van der Waals surface area contributed by atoms with Crippen molar-refractivity contribution in [1.29, 1.82) is 0 Å². The number of esters is 1. The molecule has 0 heterocycles. The van der Waals surface area contributed by atoms with E-state index in [-0.39, 0.29) is 22.9 Å². The molecule has 0 amide bonds. The van der Waals surface area contributed by atoms with E-state index in [0.717, 1.165) is 0 Å². The third-order valence-corrected chi connectivity index (χ3v) is 3.73. The van der Waals surface area contributed by atoms with E-state index in [4.69, 9.17) is 4.74 Å². The fourth-order valence-electron chi connectivity index (χ4n) is 2.28. The van der Waals surface area contributed by atoms with Crippen molar-refractivity contribution in [3.05, 3.63) is 107 Å². The van der Waals surface area contributed by atoms with E-state index in [1.807, 2.05) is 0 Å². The summed E-state index contributed by atoms with van der Waals surface area (Å²) in [4.78, 5) is 24.1. The van der Waals surface area contributed by atoms with Crippen molar-refractivity contribution in [2.24, 2.45) is 0 Å². The highest BCUT2D eigenvalue weighted by Gasteiger charge is 2.09. The summed E-state index contributed by atoms with van der Waals surface area (Å²) in [6.45, 7) is 0. The van der Waals surface area contributed by atoms with Crippen LogP contribution in [-0.4, -0.2) is 11.8 Å². The number of benzene rings is 3. The van der Waals surface area contributed by atoms with Crippen LogP contribution in [0.5, 0.6) is 5.75 Å². The Morgan fingerprint density at radius 3 is 1.81 bits per heavy atom. The molecule has 0 aromatic heterocycles. The maximum Gasteiger partial charge on any atom is 0.343 e. The molecule has 3 nitrogen and oxygen atoms in total. The lowest BCUT2D eigenvalue weighted by molar-refractivity contribution is 0.0734. The topological polar surface area (TPSA) is 43.4 Å². The van der Waals surface area contributed by atoms with Gasteiger partial charge >= 0.3 is 5.97 Å². The first kappa shape index (κ1) is 18.2. The summed E-state index contributed by atoms with van der Waals surface area (Å²) in [5.41, 5.74) is 1.34. The van der Waals surface area contributed by atoms with Crippen LogP contribution in [0.1, 0.15) is 26.3 Å². The smallest absolute Gasteiger partial charge is 0.343 e. The van der Waals surface area contributed by atoms with E-state index in [2.05, 4.69) is 0 Å². The number of ether oxygens (including phenoxy) is 1. The molecule has 0 radical (unpaired) electrons. The van der Waals surface area contributed by atoms with Crippen molar-refractivity contribution in [1.82, 2.24) is 0 Å². The number of carbonyl (C=O) groups is 2. The number of hydrogen-bond donors (Lipinski definition) is 0.